The Morgan fingerprint density at radius 1 is 1.33 bits per heavy atom. The van der Waals surface area contributed by atoms with E-state index in [0.717, 1.165) is 18.4 Å². The number of imidazole rings is 1. The number of aromatic nitrogens is 3. The highest BCUT2D eigenvalue weighted by atomic mass is 15.1. The van der Waals surface area contributed by atoms with Crippen LogP contribution in [-0.4, -0.2) is 14.1 Å². The molecule has 3 heteroatoms. The molecule has 2 aromatic rings. The zero-order valence-electron chi connectivity index (χ0n) is 13.1. The number of nitrogens with zero attached hydrogens (tertiary/aromatic N) is 3. The molecular formula is C18H25N3. The predicted octanol–water partition coefficient (Wildman–Crippen LogP) is 4.34. The third kappa shape index (κ3) is 2.54. The zero-order chi connectivity index (χ0) is 14.4. The van der Waals surface area contributed by atoms with Crippen LogP contribution in [0, 0.1) is 5.92 Å². The first-order valence-electron chi connectivity index (χ1n) is 8.45. The third-order valence-electron chi connectivity index (χ3n) is 5.24. The van der Waals surface area contributed by atoms with Crippen molar-refractivity contribution in [2.45, 2.75) is 64.0 Å². The van der Waals surface area contributed by atoms with Crippen LogP contribution in [0.3, 0.4) is 0 Å². The second kappa shape index (κ2) is 5.04. The van der Waals surface area contributed by atoms with E-state index >= 15 is 0 Å². The van der Waals surface area contributed by atoms with E-state index in [2.05, 4.69) is 52.6 Å². The quantitative estimate of drug-likeness (QED) is 0.773. The van der Waals surface area contributed by atoms with Gasteiger partial charge in [-0.05, 0) is 49.1 Å². The molecule has 2 fully saturated rings. The zero-order valence-corrected chi connectivity index (χ0v) is 13.1. The Bertz CT molecular complexity index is 620. The first-order valence-corrected chi connectivity index (χ1v) is 8.45. The highest BCUT2D eigenvalue weighted by Crippen LogP contribution is 2.49. The van der Waals surface area contributed by atoms with Crippen molar-refractivity contribution in [2.24, 2.45) is 5.92 Å². The van der Waals surface area contributed by atoms with Gasteiger partial charge < -0.3 is 9.13 Å². The van der Waals surface area contributed by atoms with Gasteiger partial charge in [0, 0.05) is 43.3 Å². The molecule has 2 aliphatic carbocycles. The first-order chi connectivity index (χ1) is 10.3. The monoisotopic (exact) mass is 283 g/mol. The largest absolute Gasteiger partial charge is 0.351 e. The Morgan fingerprint density at radius 2 is 2.19 bits per heavy atom. The fourth-order valence-corrected chi connectivity index (χ4v) is 3.66. The van der Waals surface area contributed by atoms with Crippen molar-refractivity contribution in [1.29, 1.82) is 0 Å². The standard InChI is InChI=1S/C18H25N3/c1-3-18-19-7-9-21(18)17-11-15(17)10-13(2)14-6-8-20(12-14)16-4-5-16/h6-9,12-13,15-17H,3-5,10-11H2,1-2H3. The molecule has 0 aromatic carbocycles. The molecule has 3 unspecified atom stereocenters. The van der Waals surface area contributed by atoms with Gasteiger partial charge in [-0.15, -0.1) is 0 Å². The Labute approximate surface area is 127 Å². The van der Waals surface area contributed by atoms with Crippen molar-refractivity contribution >= 4 is 0 Å². The lowest BCUT2D eigenvalue weighted by Gasteiger charge is -2.11. The summed E-state index contributed by atoms with van der Waals surface area (Å²) in [4.78, 5) is 4.46. The summed E-state index contributed by atoms with van der Waals surface area (Å²) in [5, 5.41) is 0. The molecule has 0 aliphatic heterocycles. The second-order valence-corrected chi connectivity index (χ2v) is 6.93. The summed E-state index contributed by atoms with van der Waals surface area (Å²) in [5.41, 5.74) is 1.52. The Balaban J connectivity index is 1.38. The fraction of sp³-hybridized carbons (Fsp3) is 0.611. The maximum absolute atomic E-state index is 4.46. The highest BCUT2D eigenvalue weighted by molar-refractivity contribution is 5.18. The van der Waals surface area contributed by atoms with Gasteiger partial charge in [0.2, 0.25) is 0 Å². The minimum Gasteiger partial charge on any atom is -0.351 e. The van der Waals surface area contributed by atoms with Crippen LogP contribution in [0.4, 0.5) is 0 Å². The second-order valence-electron chi connectivity index (χ2n) is 6.93. The van der Waals surface area contributed by atoms with Gasteiger partial charge in [0.05, 0.1) is 0 Å². The Kier molecular flexibility index (Phi) is 3.16. The van der Waals surface area contributed by atoms with Gasteiger partial charge >= 0.3 is 0 Å². The lowest BCUT2D eigenvalue weighted by molar-refractivity contribution is 0.550. The van der Waals surface area contributed by atoms with Crippen molar-refractivity contribution < 1.29 is 0 Å². The van der Waals surface area contributed by atoms with E-state index in [9.17, 15) is 0 Å². The average Bonchev–Trinajstić information content (AvgIpc) is 3.37. The third-order valence-corrected chi connectivity index (χ3v) is 5.24. The van der Waals surface area contributed by atoms with Crippen LogP contribution in [0.15, 0.2) is 30.9 Å². The van der Waals surface area contributed by atoms with Gasteiger partial charge in [0.25, 0.3) is 0 Å². The molecule has 0 bridgehead atoms. The van der Waals surface area contributed by atoms with Crippen LogP contribution in [0.5, 0.6) is 0 Å². The van der Waals surface area contributed by atoms with E-state index in [4.69, 9.17) is 0 Å². The normalized spacial score (nSPS) is 26.0. The molecule has 0 radical (unpaired) electrons. The minimum atomic E-state index is 0.675. The molecule has 4 rings (SSSR count). The summed E-state index contributed by atoms with van der Waals surface area (Å²) in [5.74, 6) is 2.76. The first kappa shape index (κ1) is 13.2. The maximum atomic E-state index is 4.46. The van der Waals surface area contributed by atoms with Gasteiger partial charge in [0.1, 0.15) is 5.82 Å². The van der Waals surface area contributed by atoms with Gasteiger partial charge in [-0.1, -0.05) is 13.8 Å². The molecule has 0 spiro atoms. The molecule has 21 heavy (non-hydrogen) atoms. The van der Waals surface area contributed by atoms with Gasteiger partial charge in [-0.3, -0.25) is 0 Å². The summed E-state index contributed by atoms with van der Waals surface area (Å²) in [7, 11) is 0. The molecular weight excluding hydrogens is 258 g/mol. The Hall–Kier alpha value is -1.51. The molecule has 2 aliphatic rings. The number of hydrogen-bond acceptors (Lipinski definition) is 1. The molecule has 0 saturated heterocycles. The van der Waals surface area contributed by atoms with Crippen LogP contribution in [-0.2, 0) is 6.42 Å². The van der Waals surface area contributed by atoms with Gasteiger partial charge in [-0.25, -0.2) is 4.98 Å². The van der Waals surface area contributed by atoms with E-state index in [0.29, 0.717) is 12.0 Å². The number of rotatable bonds is 6. The van der Waals surface area contributed by atoms with Crippen molar-refractivity contribution in [3.63, 3.8) is 0 Å². The van der Waals surface area contributed by atoms with E-state index in [1.54, 1.807) is 0 Å². The van der Waals surface area contributed by atoms with E-state index in [1.165, 1.54) is 37.1 Å². The molecule has 3 nitrogen and oxygen atoms in total. The topological polar surface area (TPSA) is 22.8 Å². The van der Waals surface area contributed by atoms with Crippen molar-refractivity contribution in [3.8, 4) is 0 Å². The van der Waals surface area contributed by atoms with Crippen LogP contribution < -0.4 is 0 Å². The average molecular weight is 283 g/mol. The summed E-state index contributed by atoms with van der Waals surface area (Å²) in [6.45, 7) is 4.58. The lowest BCUT2D eigenvalue weighted by atomic mass is 9.98. The summed E-state index contributed by atoms with van der Waals surface area (Å²) in [6, 6.07) is 3.84. The number of hydrogen-bond donors (Lipinski definition) is 0. The lowest BCUT2D eigenvalue weighted by Crippen LogP contribution is -2.02. The molecule has 112 valence electrons. The van der Waals surface area contributed by atoms with E-state index < -0.39 is 0 Å². The SMILES string of the molecule is CCc1nccn1C1CC1CC(C)c1ccn(C2CC2)c1. The van der Waals surface area contributed by atoms with Crippen molar-refractivity contribution in [3.05, 3.63) is 42.2 Å². The molecule has 3 atom stereocenters. The van der Waals surface area contributed by atoms with Crippen molar-refractivity contribution in [2.75, 3.05) is 0 Å². The Morgan fingerprint density at radius 3 is 2.95 bits per heavy atom. The van der Waals surface area contributed by atoms with E-state index in [1.807, 2.05) is 6.20 Å². The van der Waals surface area contributed by atoms with Gasteiger partial charge in [0.15, 0.2) is 0 Å². The molecule has 0 amide bonds. The molecule has 2 heterocycles. The molecule has 2 aromatic heterocycles. The molecule has 2 saturated carbocycles. The van der Waals surface area contributed by atoms with Crippen LogP contribution >= 0.6 is 0 Å². The number of aryl methyl sites for hydroxylation is 1. The minimum absolute atomic E-state index is 0.675. The highest BCUT2D eigenvalue weighted by Gasteiger charge is 2.40. The van der Waals surface area contributed by atoms with Crippen molar-refractivity contribution in [1.82, 2.24) is 14.1 Å². The summed E-state index contributed by atoms with van der Waals surface area (Å²) in [6.07, 6.45) is 15.2. The maximum Gasteiger partial charge on any atom is 0.108 e. The fourth-order valence-electron chi connectivity index (χ4n) is 3.66. The van der Waals surface area contributed by atoms with E-state index in [-0.39, 0.29) is 0 Å². The molecule has 0 N–H and O–H groups in total. The van der Waals surface area contributed by atoms with Crippen LogP contribution in [0.25, 0.3) is 0 Å². The summed E-state index contributed by atoms with van der Waals surface area (Å²) < 4.78 is 4.83. The smallest absolute Gasteiger partial charge is 0.108 e. The van der Waals surface area contributed by atoms with Crippen LogP contribution in [0.1, 0.15) is 68.9 Å². The predicted molar refractivity (Wildman–Crippen MR) is 84.5 cm³/mol. The van der Waals surface area contributed by atoms with Crippen LogP contribution in [0.2, 0.25) is 0 Å². The van der Waals surface area contributed by atoms with Gasteiger partial charge in [-0.2, -0.15) is 0 Å². The summed E-state index contributed by atoms with van der Waals surface area (Å²) >= 11 is 0.